The van der Waals surface area contributed by atoms with Gasteiger partial charge in [-0.2, -0.15) is 0 Å². The van der Waals surface area contributed by atoms with Crippen LogP contribution in [0.3, 0.4) is 0 Å². The van der Waals surface area contributed by atoms with Gasteiger partial charge in [-0.25, -0.2) is 5.43 Å². The number of rotatable bonds is 3. The lowest BCUT2D eigenvalue weighted by atomic mass is 9.97. The van der Waals surface area contributed by atoms with E-state index in [4.69, 9.17) is 17.4 Å². The molecule has 1 unspecified atom stereocenters. The van der Waals surface area contributed by atoms with Crippen molar-refractivity contribution in [2.45, 2.75) is 6.04 Å². The smallest absolute Gasteiger partial charge is 0.0724 e. The number of nitrogens with one attached hydrogen (secondary N) is 1. The van der Waals surface area contributed by atoms with Crippen LogP contribution in [0.5, 0.6) is 0 Å². The molecule has 0 saturated carbocycles. The quantitative estimate of drug-likeness (QED) is 0.562. The van der Waals surface area contributed by atoms with Gasteiger partial charge in [0.1, 0.15) is 0 Å². The Bertz CT molecular complexity index is 740. The summed E-state index contributed by atoms with van der Waals surface area (Å²) < 4.78 is 0. The van der Waals surface area contributed by atoms with Crippen molar-refractivity contribution in [2.24, 2.45) is 5.84 Å². The van der Waals surface area contributed by atoms with Gasteiger partial charge in [-0.05, 0) is 34.0 Å². The number of hydrogen-bond donors (Lipinski definition) is 2. The number of hydrazine groups is 1. The van der Waals surface area contributed by atoms with Crippen molar-refractivity contribution < 1.29 is 0 Å². The van der Waals surface area contributed by atoms with Crippen LogP contribution in [0.15, 0.2) is 66.7 Å². The molecular formula is C17H15ClN2. The molecule has 0 aliphatic rings. The number of benzene rings is 3. The molecule has 0 radical (unpaired) electrons. The fraction of sp³-hybridized carbons (Fsp3) is 0.0588. The maximum Gasteiger partial charge on any atom is 0.0724 e. The zero-order chi connectivity index (χ0) is 13.9. The van der Waals surface area contributed by atoms with Gasteiger partial charge < -0.3 is 0 Å². The lowest BCUT2D eigenvalue weighted by Gasteiger charge is -2.18. The lowest BCUT2D eigenvalue weighted by molar-refractivity contribution is 0.638. The second-order valence-corrected chi connectivity index (χ2v) is 5.13. The Morgan fingerprint density at radius 1 is 0.850 bits per heavy atom. The Hall–Kier alpha value is -1.87. The van der Waals surface area contributed by atoms with Crippen molar-refractivity contribution >= 4 is 22.4 Å². The van der Waals surface area contributed by atoms with E-state index in [9.17, 15) is 0 Å². The Balaban J connectivity index is 2.10. The Labute approximate surface area is 123 Å². The van der Waals surface area contributed by atoms with Crippen LogP contribution in [0, 0.1) is 0 Å². The van der Waals surface area contributed by atoms with Crippen molar-refractivity contribution in [3.05, 3.63) is 82.9 Å². The van der Waals surface area contributed by atoms with Crippen LogP contribution in [-0.2, 0) is 0 Å². The fourth-order valence-corrected chi connectivity index (χ4v) is 2.71. The van der Waals surface area contributed by atoms with E-state index in [2.05, 4.69) is 35.8 Å². The largest absolute Gasteiger partial charge is 0.271 e. The molecule has 3 aromatic carbocycles. The van der Waals surface area contributed by atoms with Crippen LogP contribution in [-0.4, -0.2) is 0 Å². The van der Waals surface area contributed by atoms with E-state index < -0.39 is 0 Å². The summed E-state index contributed by atoms with van der Waals surface area (Å²) in [6, 6.07) is 22.2. The molecule has 0 amide bonds. The van der Waals surface area contributed by atoms with Gasteiger partial charge in [0, 0.05) is 5.02 Å². The van der Waals surface area contributed by atoms with Gasteiger partial charge in [0.15, 0.2) is 0 Å². The van der Waals surface area contributed by atoms with Crippen LogP contribution in [0.4, 0.5) is 0 Å². The zero-order valence-electron chi connectivity index (χ0n) is 10.9. The Morgan fingerprint density at radius 2 is 1.55 bits per heavy atom. The highest BCUT2D eigenvalue weighted by Gasteiger charge is 2.15. The van der Waals surface area contributed by atoms with Crippen molar-refractivity contribution in [1.82, 2.24) is 5.43 Å². The monoisotopic (exact) mass is 282 g/mol. The summed E-state index contributed by atoms with van der Waals surface area (Å²) in [7, 11) is 0. The summed E-state index contributed by atoms with van der Waals surface area (Å²) in [6.45, 7) is 0. The first-order chi connectivity index (χ1) is 9.79. The molecule has 20 heavy (non-hydrogen) atoms. The van der Waals surface area contributed by atoms with Gasteiger partial charge in [-0.1, -0.05) is 66.2 Å². The molecule has 0 aromatic heterocycles. The minimum atomic E-state index is -0.117. The molecule has 100 valence electrons. The van der Waals surface area contributed by atoms with Gasteiger partial charge in [-0.3, -0.25) is 5.84 Å². The van der Waals surface area contributed by atoms with Gasteiger partial charge >= 0.3 is 0 Å². The van der Waals surface area contributed by atoms with E-state index in [1.165, 1.54) is 10.8 Å². The fourth-order valence-electron chi connectivity index (χ4n) is 2.46. The summed E-state index contributed by atoms with van der Waals surface area (Å²) in [5.41, 5.74) is 4.93. The minimum absolute atomic E-state index is 0.117. The average molecular weight is 283 g/mol. The normalized spacial score (nSPS) is 12.5. The van der Waals surface area contributed by atoms with Gasteiger partial charge in [-0.15, -0.1) is 0 Å². The Kier molecular flexibility index (Phi) is 3.70. The van der Waals surface area contributed by atoms with E-state index in [0.717, 1.165) is 11.1 Å². The van der Waals surface area contributed by atoms with Crippen molar-refractivity contribution in [2.75, 3.05) is 0 Å². The summed E-state index contributed by atoms with van der Waals surface area (Å²) in [4.78, 5) is 0. The third kappa shape index (κ3) is 2.41. The van der Waals surface area contributed by atoms with Crippen molar-refractivity contribution in [1.29, 1.82) is 0 Å². The number of hydrogen-bond acceptors (Lipinski definition) is 2. The molecular weight excluding hydrogens is 268 g/mol. The van der Waals surface area contributed by atoms with Crippen LogP contribution < -0.4 is 11.3 Å². The summed E-state index contributed by atoms with van der Waals surface area (Å²) in [5, 5.41) is 3.12. The summed E-state index contributed by atoms with van der Waals surface area (Å²) >= 11 is 6.27. The first-order valence-electron chi connectivity index (χ1n) is 6.49. The predicted octanol–water partition coefficient (Wildman–Crippen LogP) is 4.05. The standard InChI is InChI=1S/C17H15ClN2/c18-16-8-4-3-7-15(16)17(20-19)14-10-9-12-5-1-2-6-13(12)11-14/h1-11,17,20H,19H2. The van der Waals surface area contributed by atoms with Gasteiger partial charge in [0.2, 0.25) is 0 Å². The molecule has 0 bridgehead atoms. The SMILES string of the molecule is NNC(c1ccc2ccccc2c1)c1ccccc1Cl. The van der Waals surface area contributed by atoms with E-state index >= 15 is 0 Å². The minimum Gasteiger partial charge on any atom is -0.271 e. The molecule has 0 spiro atoms. The van der Waals surface area contributed by atoms with Gasteiger partial charge in [0.05, 0.1) is 6.04 Å². The zero-order valence-corrected chi connectivity index (χ0v) is 11.6. The molecule has 2 nitrogen and oxygen atoms in total. The molecule has 0 saturated heterocycles. The number of fused-ring (bicyclic) bond motifs is 1. The predicted molar refractivity (Wildman–Crippen MR) is 84.6 cm³/mol. The first-order valence-corrected chi connectivity index (χ1v) is 6.86. The summed E-state index contributed by atoms with van der Waals surface area (Å²) in [6.07, 6.45) is 0. The highest BCUT2D eigenvalue weighted by atomic mass is 35.5. The molecule has 3 rings (SSSR count). The molecule has 3 aromatic rings. The van der Waals surface area contributed by atoms with Gasteiger partial charge in [0.25, 0.3) is 0 Å². The second-order valence-electron chi connectivity index (χ2n) is 4.73. The molecule has 0 fully saturated rings. The first kappa shape index (κ1) is 13.1. The molecule has 3 heteroatoms. The Morgan fingerprint density at radius 3 is 2.30 bits per heavy atom. The van der Waals surface area contributed by atoms with Crippen molar-refractivity contribution in [3.63, 3.8) is 0 Å². The highest BCUT2D eigenvalue weighted by Crippen LogP contribution is 2.29. The number of halogens is 1. The molecule has 0 aliphatic carbocycles. The molecule has 0 aliphatic heterocycles. The third-order valence-corrected chi connectivity index (χ3v) is 3.83. The van der Waals surface area contributed by atoms with Crippen LogP contribution >= 0.6 is 11.6 Å². The topological polar surface area (TPSA) is 38.0 Å². The van der Waals surface area contributed by atoms with Crippen LogP contribution in [0.25, 0.3) is 10.8 Å². The average Bonchev–Trinajstić information content (AvgIpc) is 2.50. The lowest BCUT2D eigenvalue weighted by Crippen LogP contribution is -2.29. The highest BCUT2D eigenvalue weighted by molar-refractivity contribution is 6.31. The maximum absolute atomic E-state index is 6.27. The van der Waals surface area contributed by atoms with E-state index in [-0.39, 0.29) is 6.04 Å². The van der Waals surface area contributed by atoms with E-state index in [1.54, 1.807) is 0 Å². The van der Waals surface area contributed by atoms with E-state index in [0.29, 0.717) is 5.02 Å². The third-order valence-electron chi connectivity index (χ3n) is 3.49. The summed E-state index contributed by atoms with van der Waals surface area (Å²) in [5.74, 6) is 5.74. The molecule has 3 N–H and O–H groups in total. The number of nitrogens with two attached hydrogens (primary N) is 1. The van der Waals surface area contributed by atoms with Crippen LogP contribution in [0.1, 0.15) is 17.2 Å². The molecule has 1 atom stereocenters. The van der Waals surface area contributed by atoms with Crippen molar-refractivity contribution in [3.8, 4) is 0 Å². The second kappa shape index (κ2) is 5.63. The molecule has 0 heterocycles. The maximum atomic E-state index is 6.27. The van der Waals surface area contributed by atoms with Crippen LogP contribution in [0.2, 0.25) is 5.02 Å². The van der Waals surface area contributed by atoms with E-state index in [1.807, 2.05) is 36.4 Å².